The number of fused-ring (bicyclic) bond motifs is 11. The Labute approximate surface area is 221 Å². The topological polar surface area (TPSA) is 22.8 Å². The average Bonchev–Trinajstić information content (AvgIpc) is 3.44. The van der Waals surface area contributed by atoms with Crippen LogP contribution in [0.25, 0.3) is 55.2 Å². The molecule has 7 aromatic rings. The lowest BCUT2D eigenvalue weighted by molar-refractivity contribution is 0.629. The van der Waals surface area contributed by atoms with Gasteiger partial charge < -0.3 is 4.57 Å². The maximum absolute atomic E-state index is 5.58. The third-order valence-electron chi connectivity index (χ3n) is 9.45. The van der Waals surface area contributed by atoms with Crippen molar-refractivity contribution in [3.8, 4) is 11.4 Å². The van der Waals surface area contributed by atoms with Gasteiger partial charge in [-0.25, -0.2) is 4.98 Å². The van der Waals surface area contributed by atoms with Crippen LogP contribution in [0.15, 0.2) is 91.0 Å². The SMILES string of the molecule is CC1(C)c2ccccc2-n2c3ccccc3c3nc4c(c1c32)c1cccc2c1n4-c1ccccc1C2(C)C. The van der Waals surface area contributed by atoms with Crippen LogP contribution < -0.4 is 0 Å². The number of para-hydroxylation sites is 4. The maximum atomic E-state index is 5.58. The molecule has 38 heavy (non-hydrogen) atoms. The van der Waals surface area contributed by atoms with Gasteiger partial charge >= 0.3 is 0 Å². The van der Waals surface area contributed by atoms with Crippen molar-refractivity contribution < 1.29 is 0 Å². The van der Waals surface area contributed by atoms with Gasteiger partial charge in [0.15, 0.2) is 0 Å². The van der Waals surface area contributed by atoms with Gasteiger partial charge in [-0.15, -0.1) is 0 Å². The lowest BCUT2D eigenvalue weighted by atomic mass is 9.73. The molecule has 0 spiro atoms. The van der Waals surface area contributed by atoms with Crippen molar-refractivity contribution in [3.63, 3.8) is 0 Å². The van der Waals surface area contributed by atoms with E-state index in [1.807, 2.05) is 0 Å². The summed E-state index contributed by atoms with van der Waals surface area (Å²) < 4.78 is 4.93. The predicted octanol–water partition coefficient (Wildman–Crippen LogP) is 8.55. The fourth-order valence-corrected chi connectivity index (χ4v) is 7.74. The molecule has 2 aliphatic rings. The summed E-state index contributed by atoms with van der Waals surface area (Å²) >= 11 is 0. The summed E-state index contributed by atoms with van der Waals surface area (Å²) in [6.45, 7) is 9.51. The largest absolute Gasteiger partial charge is 0.307 e. The Bertz CT molecular complexity index is 2190. The molecule has 0 unspecified atom stereocenters. The second kappa shape index (κ2) is 6.36. The van der Waals surface area contributed by atoms with Crippen LogP contribution in [-0.4, -0.2) is 14.1 Å². The third-order valence-corrected chi connectivity index (χ3v) is 9.45. The Kier molecular flexibility index (Phi) is 3.46. The quantitative estimate of drug-likeness (QED) is 0.209. The van der Waals surface area contributed by atoms with E-state index in [1.54, 1.807) is 0 Å². The molecule has 4 aromatic carbocycles. The monoisotopic (exact) mass is 489 g/mol. The molecule has 3 heteroatoms. The van der Waals surface area contributed by atoms with Crippen molar-refractivity contribution in [2.24, 2.45) is 0 Å². The summed E-state index contributed by atoms with van der Waals surface area (Å²) in [5, 5.41) is 3.79. The standard InChI is InChI=1S/C35H27N3/c1-34(2)22-14-6-10-19-27(22)38-31-21(13-11-16-24(31)34)28-29-32-30(36-33(28)38)20-12-5-8-17-25(20)37(32)26-18-9-7-15-23(26)35(29,3)4/h5-19H,1-4H3. The average molecular weight is 490 g/mol. The Balaban J connectivity index is 1.64. The Hall–Kier alpha value is -4.37. The Morgan fingerprint density at radius 3 is 1.95 bits per heavy atom. The minimum atomic E-state index is -0.196. The number of hydrogen-bond acceptors (Lipinski definition) is 1. The van der Waals surface area contributed by atoms with E-state index < -0.39 is 0 Å². The van der Waals surface area contributed by atoms with Crippen LogP contribution in [0.5, 0.6) is 0 Å². The zero-order chi connectivity index (χ0) is 25.6. The van der Waals surface area contributed by atoms with E-state index in [2.05, 4.69) is 128 Å². The van der Waals surface area contributed by atoms with Gasteiger partial charge in [0.05, 0.1) is 33.4 Å². The Morgan fingerprint density at radius 2 is 1.16 bits per heavy atom. The molecule has 2 aliphatic heterocycles. The molecule has 0 radical (unpaired) electrons. The van der Waals surface area contributed by atoms with Crippen molar-refractivity contribution >= 4 is 43.9 Å². The van der Waals surface area contributed by atoms with E-state index >= 15 is 0 Å². The summed E-state index contributed by atoms with van der Waals surface area (Å²) in [5.74, 6) is 0. The van der Waals surface area contributed by atoms with Crippen LogP contribution in [-0.2, 0) is 10.8 Å². The number of nitrogens with zero attached hydrogens (tertiary/aromatic N) is 3. The van der Waals surface area contributed by atoms with E-state index in [-0.39, 0.29) is 10.8 Å². The van der Waals surface area contributed by atoms with Gasteiger partial charge in [-0.3, -0.25) is 4.57 Å². The molecule has 3 aromatic heterocycles. The normalized spacial score (nSPS) is 16.3. The second-order valence-corrected chi connectivity index (χ2v) is 12.1. The molecule has 3 nitrogen and oxygen atoms in total. The number of hydrogen-bond donors (Lipinski definition) is 0. The molecule has 5 heterocycles. The predicted molar refractivity (Wildman–Crippen MR) is 157 cm³/mol. The summed E-state index contributed by atoms with van der Waals surface area (Å²) in [5.41, 5.74) is 13.6. The van der Waals surface area contributed by atoms with Crippen molar-refractivity contribution in [2.75, 3.05) is 0 Å². The molecule has 0 saturated carbocycles. The van der Waals surface area contributed by atoms with Crippen LogP contribution >= 0.6 is 0 Å². The first kappa shape index (κ1) is 20.7. The van der Waals surface area contributed by atoms with Gasteiger partial charge in [0.25, 0.3) is 0 Å². The number of aromatic nitrogens is 3. The number of rotatable bonds is 0. The van der Waals surface area contributed by atoms with Gasteiger partial charge in [-0.1, -0.05) is 100 Å². The lowest BCUT2D eigenvalue weighted by Crippen LogP contribution is -2.27. The van der Waals surface area contributed by atoms with Gasteiger partial charge in [0.2, 0.25) is 0 Å². The maximum Gasteiger partial charge on any atom is 0.146 e. The fraction of sp³-hybridized carbons (Fsp3) is 0.171. The van der Waals surface area contributed by atoms with E-state index in [9.17, 15) is 0 Å². The molecule has 9 rings (SSSR count). The minimum Gasteiger partial charge on any atom is -0.307 e. The molecule has 0 amide bonds. The van der Waals surface area contributed by atoms with E-state index in [0.29, 0.717) is 0 Å². The molecule has 182 valence electrons. The molecule has 0 atom stereocenters. The molecule has 0 fully saturated rings. The first-order valence-electron chi connectivity index (χ1n) is 13.5. The van der Waals surface area contributed by atoms with Gasteiger partial charge in [-0.05, 0) is 34.9 Å². The van der Waals surface area contributed by atoms with Crippen LogP contribution in [0.4, 0.5) is 0 Å². The Morgan fingerprint density at radius 1 is 0.553 bits per heavy atom. The highest BCUT2D eigenvalue weighted by molar-refractivity contribution is 6.20. The third kappa shape index (κ3) is 2.11. The molecular weight excluding hydrogens is 462 g/mol. The zero-order valence-corrected chi connectivity index (χ0v) is 22.0. The molecule has 0 aliphatic carbocycles. The van der Waals surface area contributed by atoms with Crippen LogP contribution in [0, 0.1) is 0 Å². The molecular formula is C35H27N3. The van der Waals surface area contributed by atoms with Gasteiger partial charge in [0.1, 0.15) is 5.65 Å². The van der Waals surface area contributed by atoms with Crippen LogP contribution in [0.2, 0.25) is 0 Å². The van der Waals surface area contributed by atoms with Crippen molar-refractivity contribution in [3.05, 3.63) is 113 Å². The minimum absolute atomic E-state index is 0.0960. The van der Waals surface area contributed by atoms with Gasteiger partial charge in [-0.2, -0.15) is 0 Å². The summed E-state index contributed by atoms with van der Waals surface area (Å²) in [6, 6.07) is 33.4. The van der Waals surface area contributed by atoms with Crippen LogP contribution in [0.3, 0.4) is 0 Å². The van der Waals surface area contributed by atoms with Crippen LogP contribution in [0.1, 0.15) is 49.9 Å². The highest BCUT2D eigenvalue weighted by Gasteiger charge is 2.41. The molecule has 0 bridgehead atoms. The van der Waals surface area contributed by atoms with Crippen molar-refractivity contribution in [1.29, 1.82) is 0 Å². The van der Waals surface area contributed by atoms with E-state index in [1.165, 1.54) is 66.3 Å². The van der Waals surface area contributed by atoms with Crippen molar-refractivity contribution in [2.45, 2.75) is 38.5 Å². The second-order valence-electron chi connectivity index (χ2n) is 12.1. The smallest absolute Gasteiger partial charge is 0.146 e. The van der Waals surface area contributed by atoms with Gasteiger partial charge in [0, 0.05) is 32.6 Å². The highest BCUT2D eigenvalue weighted by Crippen LogP contribution is 2.54. The number of benzene rings is 4. The van der Waals surface area contributed by atoms with E-state index in [4.69, 9.17) is 4.98 Å². The van der Waals surface area contributed by atoms with Crippen molar-refractivity contribution in [1.82, 2.24) is 14.1 Å². The zero-order valence-electron chi connectivity index (χ0n) is 22.0. The first-order valence-corrected chi connectivity index (χ1v) is 13.5. The number of pyridine rings is 1. The molecule has 0 N–H and O–H groups in total. The summed E-state index contributed by atoms with van der Waals surface area (Å²) in [4.78, 5) is 5.58. The summed E-state index contributed by atoms with van der Waals surface area (Å²) in [7, 11) is 0. The first-order chi connectivity index (χ1) is 18.4. The fourth-order valence-electron chi connectivity index (χ4n) is 7.74. The summed E-state index contributed by atoms with van der Waals surface area (Å²) in [6.07, 6.45) is 0. The van der Waals surface area contributed by atoms with E-state index in [0.717, 1.165) is 11.2 Å². The molecule has 0 saturated heterocycles. The lowest BCUT2D eigenvalue weighted by Gasteiger charge is -2.35. The highest BCUT2D eigenvalue weighted by atomic mass is 15.1.